The van der Waals surface area contributed by atoms with Gasteiger partial charge < -0.3 is 10.2 Å². The molecule has 0 bridgehead atoms. The van der Waals surface area contributed by atoms with Crippen molar-refractivity contribution in [1.29, 1.82) is 0 Å². The molecular weight excluding hydrogens is 367 g/mol. The molecule has 2 aromatic carbocycles. The van der Waals surface area contributed by atoms with Crippen molar-refractivity contribution < 1.29 is 14.0 Å². The number of amides is 2. The van der Waals surface area contributed by atoms with E-state index >= 15 is 0 Å². The fourth-order valence-electron chi connectivity index (χ4n) is 3.87. The predicted molar refractivity (Wildman–Crippen MR) is 112 cm³/mol. The van der Waals surface area contributed by atoms with Crippen LogP contribution in [0.15, 0.2) is 54.6 Å². The van der Waals surface area contributed by atoms with Crippen LogP contribution in [0.3, 0.4) is 0 Å². The zero-order chi connectivity index (χ0) is 20.6. The summed E-state index contributed by atoms with van der Waals surface area (Å²) < 4.78 is 14.0. The molecule has 154 valence electrons. The van der Waals surface area contributed by atoms with Crippen LogP contribution in [-0.2, 0) is 22.4 Å². The molecule has 5 heteroatoms. The van der Waals surface area contributed by atoms with Gasteiger partial charge in [-0.05, 0) is 43.4 Å². The topological polar surface area (TPSA) is 49.4 Å². The first-order valence-electron chi connectivity index (χ1n) is 10.4. The Balaban J connectivity index is 1.71. The Morgan fingerprint density at radius 3 is 2.41 bits per heavy atom. The van der Waals surface area contributed by atoms with Gasteiger partial charge in [-0.1, -0.05) is 61.4 Å². The summed E-state index contributed by atoms with van der Waals surface area (Å²) in [5.41, 5.74) is 1.45. The maximum absolute atomic E-state index is 14.0. The first-order chi connectivity index (χ1) is 14.0. The van der Waals surface area contributed by atoms with Gasteiger partial charge in [-0.3, -0.25) is 9.59 Å². The van der Waals surface area contributed by atoms with Gasteiger partial charge in [-0.15, -0.1) is 0 Å². The second kappa shape index (κ2) is 10.2. The molecule has 2 amide bonds. The van der Waals surface area contributed by atoms with Gasteiger partial charge in [0.2, 0.25) is 11.8 Å². The van der Waals surface area contributed by atoms with Crippen molar-refractivity contribution in [3.63, 3.8) is 0 Å². The van der Waals surface area contributed by atoms with Crippen molar-refractivity contribution in [2.24, 2.45) is 0 Å². The van der Waals surface area contributed by atoms with Crippen molar-refractivity contribution in [1.82, 2.24) is 10.2 Å². The number of halogens is 1. The van der Waals surface area contributed by atoms with Crippen molar-refractivity contribution in [2.45, 2.75) is 57.5 Å². The van der Waals surface area contributed by atoms with Gasteiger partial charge >= 0.3 is 0 Å². The molecule has 1 atom stereocenters. The Bertz CT molecular complexity index is 819. The van der Waals surface area contributed by atoms with E-state index in [4.69, 9.17) is 0 Å². The highest BCUT2D eigenvalue weighted by Crippen LogP contribution is 2.18. The van der Waals surface area contributed by atoms with Crippen molar-refractivity contribution >= 4 is 11.8 Å². The fourth-order valence-corrected chi connectivity index (χ4v) is 3.87. The van der Waals surface area contributed by atoms with E-state index in [0.29, 0.717) is 18.5 Å². The Morgan fingerprint density at radius 2 is 1.72 bits per heavy atom. The van der Waals surface area contributed by atoms with Crippen molar-refractivity contribution in [3.8, 4) is 0 Å². The molecule has 2 aromatic rings. The normalized spacial score (nSPS) is 15.1. The van der Waals surface area contributed by atoms with E-state index in [2.05, 4.69) is 5.32 Å². The largest absolute Gasteiger partial charge is 0.352 e. The lowest BCUT2D eigenvalue weighted by Crippen LogP contribution is -2.51. The minimum atomic E-state index is -0.599. The molecule has 0 aliphatic heterocycles. The lowest BCUT2D eigenvalue weighted by atomic mass is 10.1. The number of carbonyl (C=O) groups excluding carboxylic acids is 2. The molecule has 0 spiro atoms. The molecule has 1 aliphatic rings. The lowest BCUT2D eigenvalue weighted by molar-refractivity contribution is -0.139. The Morgan fingerprint density at radius 1 is 1.07 bits per heavy atom. The summed E-state index contributed by atoms with van der Waals surface area (Å²) in [5.74, 6) is -0.765. The van der Waals surface area contributed by atoms with Crippen LogP contribution in [0.25, 0.3) is 0 Å². The molecular formula is C24H29FN2O2. The Labute approximate surface area is 172 Å². The summed E-state index contributed by atoms with van der Waals surface area (Å²) >= 11 is 0. The maximum Gasteiger partial charge on any atom is 0.242 e. The molecule has 0 heterocycles. The van der Waals surface area contributed by atoms with Gasteiger partial charge in [0.1, 0.15) is 11.9 Å². The highest BCUT2D eigenvalue weighted by atomic mass is 19.1. The summed E-state index contributed by atoms with van der Waals surface area (Å²) in [6.45, 7) is 2.17. The molecule has 3 rings (SSSR count). The van der Waals surface area contributed by atoms with Crippen molar-refractivity contribution in [3.05, 3.63) is 71.5 Å². The Hall–Kier alpha value is -2.69. The van der Waals surface area contributed by atoms with Gasteiger partial charge in [-0.2, -0.15) is 0 Å². The van der Waals surface area contributed by atoms with Gasteiger partial charge in [0, 0.05) is 12.6 Å². The molecule has 29 heavy (non-hydrogen) atoms. The SMILES string of the molecule is CC(C(=O)NC1CCCC1)N(CCc1ccccc1)C(=O)Cc1ccccc1F. The number of nitrogens with zero attached hydrogens (tertiary/aromatic N) is 1. The zero-order valence-corrected chi connectivity index (χ0v) is 16.9. The third-order valence-electron chi connectivity index (χ3n) is 5.65. The molecule has 0 aromatic heterocycles. The third kappa shape index (κ3) is 5.89. The average molecular weight is 397 g/mol. The molecule has 1 aliphatic carbocycles. The molecule has 0 radical (unpaired) electrons. The second-order valence-corrected chi connectivity index (χ2v) is 7.76. The number of benzene rings is 2. The van der Waals surface area contributed by atoms with E-state index in [1.54, 1.807) is 30.0 Å². The van der Waals surface area contributed by atoms with Crippen LogP contribution in [0, 0.1) is 5.82 Å². The minimum absolute atomic E-state index is 0.0531. The smallest absolute Gasteiger partial charge is 0.242 e. The number of carbonyl (C=O) groups is 2. The molecule has 1 saturated carbocycles. The number of hydrogen-bond donors (Lipinski definition) is 1. The van der Waals surface area contributed by atoms with Crippen LogP contribution in [-0.4, -0.2) is 35.3 Å². The molecule has 1 fully saturated rings. The molecule has 1 N–H and O–H groups in total. The number of nitrogens with one attached hydrogen (secondary N) is 1. The first-order valence-corrected chi connectivity index (χ1v) is 10.4. The maximum atomic E-state index is 14.0. The summed E-state index contributed by atoms with van der Waals surface area (Å²) in [7, 11) is 0. The lowest BCUT2D eigenvalue weighted by Gasteiger charge is -2.30. The quantitative estimate of drug-likeness (QED) is 0.736. The van der Waals surface area contributed by atoms with Gasteiger partial charge in [0.25, 0.3) is 0 Å². The van der Waals surface area contributed by atoms with Crippen LogP contribution >= 0.6 is 0 Å². The average Bonchev–Trinajstić information content (AvgIpc) is 3.23. The van der Waals surface area contributed by atoms with Gasteiger partial charge in [-0.25, -0.2) is 4.39 Å². The van der Waals surface area contributed by atoms with E-state index in [0.717, 1.165) is 31.2 Å². The van der Waals surface area contributed by atoms with E-state index in [1.165, 1.54) is 6.07 Å². The Kier molecular flexibility index (Phi) is 7.39. The van der Waals surface area contributed by atoms with E-state index in [-0.39, 0.29) is 24.3 Å². The van der Waals surface area contributed by atoms with Crippen LogP contribution < -0.4 is 5.32 Å². The first kappa shape index (κ1) is 21.0. The van der Waals surface area contributed by atoms with E-state index in [1.807, 2.05) is 30.3 Å². The van der Waals surface area contributed by atoms with Crippen LogP contribution in [0.1, 0.15) is 43.7 Å². The summed E-state index contributed by atoms with van der Waals surface area (Å²) in [5, 5.41) is 3.08. The monoisotopic (exact) mass is 396 g/mol. The standard InChI is InChI=1S/C24H29FN2O2/c1-18(24(29)26-21-12-6-7-13-21)27(16-15-19-9-3-2-4-10-19)23(28)17-20-11-5-8-14-22(20)25/h2-5,8-11,14,18,21H,6-7,12-13,15-17H2,1H3,(H,26,29). The molecule has 4 nitrogen and oxygen atoms in total. The predicted octanol–water partition coefficient (Wildman–Crippen LogP) is 3.89. The summed E-state index contributed by atoms with van der Waals surface area (Å²) in [4.78, 5) is 27.4. The molecule has 0 saturated heterocycles. The number of rotatable bonds is 8. The van der Waals surface area contributed by atoms with E-state index in [9.17, 15) is 14.0 Å². The molecule has 1 unspecified atom stereocenters. The minimum Gasteiger partial charge on any atom is -0.352 e. The van der Waals surface area contributed by atoms with Crippen LogP contribution in [0.5, 0.6) is 0 Å². The van der Waals surface area contributed by atoms with Gasteiger partial charge in [0.15, 0.2) is 0 Å². The van der Waals surface area contributed by atoms with Crippen LogP contribution in [0.2, 0.25) is 0 Å². The van der Waals surface area contributed by atoms with E-state index < -0.39 is 11.9 Å². The van der Waals surface area contributed by atoms with Gasteiger partial charge in [0.05, 0.1) is 6.42 Å². The summed E-state index contributed by atoms with van der Waals surface area (Å²) in [6.07, 6.45) is 4.83. The van der Waals surface area contributed by atoms with Crippen LogP contribution in [0.4, 0.5) is 4.39 Å². The zero-order valence-electron chi connectivity index (χ0n) is 16.9. The summed E-state index contributed by atoms with van der Waals surface area (Å²) in [6, 6.07) is 15.8. The highest BCUT2D eigenvalue weighted by Gasteiger charge is 2.28. The third-order valence-corrected chi connectivity index (χ3v) is 5.65. The fraction of sp³-hybridized carbons (Fsp3) is 0.417. The number of hydrogen-bond acceptors (Lipinski definition) is 2. The highest BCUT2D eigenvalue weighted by molar-refractivity contribution is 5.88. The van der Waals surface area contributed by atoms with Crippen molar-refractivity contribution in [2.75, 3.05) is 6.54 Å². The second-order valence-electron chi connectivity index (χ2n) is 7.76.